The zero-order chi connectivity index (χ0) is 14.2. The number of nitrogens with one attached hydrogen (secondary N) is 1. The van der Waals surface area contributed by atoms with Crippen molar-refractivity contribution in [2.45, 2.75) is 37.9 Å². The Hall–Kier alpha value is -1.48. The maximum Gasteiger partial charge on any atom is 0.330 e. The Bertz CT molecular complexity index is 565. The summed E-state index contributed by atoms with van der Waals surface area (Å²) in [5, 5.41) is 28.4. The fraction of sp³-hybridized carbons (Fsp3) is 0.636. The highest BCUT2D eigenvalue weighted by Crippen LogP contribution is 2.26. The van der Waals surface area contributed by atoms with Gasteiger partial charge in [-0.25, -0.2) is 4.79 Å². The minimum atomic E-state index is -1.21. The van der Waals surface area contributed by atoms with Crippen LogP contribution in [0, 0.1) is 6.92 Å². The van der Waals surface area contributed by atoms with E-state index in [2.05, 4.69) is 4.98 Å². The first-order valence-corrected chi connectivity index (χ1v) is 5.88. The lowest BCUT2D eigenvalue weighted by atomic mass is 10.0. The van der Waals surface area contributed by atoms with Crippen molar-refractivity contribution in [3.63, 3.8) is 0 Å². The molecule has 1 aromatic rings. The quantitative estimate of drug-likeness (QED) is 0.486. The Morgan fingerprint density at radius 2 is 2.16 bits per heavy atom. The zero-order valence-corrected chi connectivity index (χ0v) is 10.3. The van der Waals surface area contributed by atoms with Gasteiger partial charge in [-0.3, -0.25) is 14.3 Å². The van der Waals surface area contributed by atoms with Crippen molar-refractivity contribution in [1.29, 1.82) is 0 Å². The second-order valence-electron chi connectivity index (χ2n) is 4.58. The van der Waals surface area contributed by atoms with Crippen molar-refractivity contribution in [3.8, 4) is 0 Å². The summed E-state index contributed by atoms with van der Waals surface area (Å²) in [6.45, 7) is 1.05. The monoisotopic (exact) mass is 272 g/mol. The summed E-state index contributed by atoms with van der Waals surface area (Å²) in [7, 11) is 0. The second kappa shape index (κ2) is 5.25. The van der Waals surface area contributed by atoms with Gasteiger partial charge in [-0.15, -0.1) is 0 Å². The minimum absolute atomic E-state index is 0.0109. The van der Waals surface area contributed by atoms with Crippen LogP contribution in [0.3, 0.4) is 0 Å². The SMILES string of the molecule is Cc1cn([C@H]2C[C@@H](O)[C@H](O)[C@@H](CO)O2)c(=O)[nH]c1=O. The Morgan fingerprint density at radius 3 is 2.79 bits per heavy atom. The number of H-pyrrole nitrogens is 1. The third kappa shape index (κ3) is 2.61. The van der Waals surface area contributed by atoms with E-state index in [4.69, 9.17) is 9.84 Å². The summed E-state index contributed by atoms with van der Waals surface area (Å²) >= 11 is 0. The van der Waals surface area contributed by atoms with E-state index < -0.39 is 42.4 Å². The number of ether oxygens (including phenoxy) is 1. The van der Waals surface area contributed by atoms with Gasteiger partial charge in [0.2, 0.25) is 0 Å². The van der Waals surface area contributed by atoms with Gasteiger partial charge in [-0.05, 0) is 6.92 Å². The topological polar surface area (TPSA) is 125 Å². The van der Waals surface area contributed by atoms with Crippen molar-refractivity contribution in [1.82, 2.24) is 9.55 Å². The van der Waals surface area contributed by atoms with Crippen LogP contribution in [0.25, 0.3) is 0 Å². The smallest absolute Gasteiger partial charge is 0.330 e. The molecule has 1 aliphatic heterocycles. The van der Waals surface area contributed by atoms with Gasteiger partial charge >= 0.3 is 5.69 Å². The third-order valence-corrected chi connectivity index (χ3v) is 3.19. The van der Waals surface area contributed by atoms with Crippen LogP contribution in [-0.2, 0) is 4.74 Å². The molecule has 0 spiro atoms. The number of aliphatic hydroxyl groups is 3. The molecule has 0 aliphatic carbocycles. The molecule has 8 nitrogen and oxygen atoms in total. The van der Waals surface area contributed by atoms with Crippen molar-refractivity contribution in [2.75, 3.05) is 6.61 Å². The molecule has 19 heavy (non-hydrogen) atoms. The van der Waals surface area contributed by atoms with Crippen molar-refractivity contribution < 1.29 is 20.1 Å². The van der Waals surface area contributed by atoms with E-state index >= 15 is 0 Å². The summed E-state index contributed by atoms with van der Waals surface area (Å²) < 4.78 is 6.49. The predicted molar refractivity (Wildman–Crippen MR) is 63.7 cm³/mol. The number of aromatic nitrogens is 2. The molecule has 2 rings (SSSR count). The molecule has 8 heteroatoms. The molecule has 1 aromatic heterocycles. The molecule has 106 valence electrons. The maximum atomic E-state index is 11.7. The van der Waals surface area contributed by atoms with Gasteiger partial charge in [0.15, 0.2) is 0 Å². The molecule has 1 saturated heterocycles. The predicted octanol–water partition coefficient (Wildman–Crippen LogP) is -2.15. The molecule has 1 fully saturated rings. The number of aromatic amines is 1. The maximum absolute atomic E-state index is 11.7. The molecular formula is C11H16N2O6. The van der Waals surface area contributed by atoms with E-state index in [9.17, 15) is 19.8 Å². The van der Waals surface area contributed by atoms with Gasteiger partial charge in [0.1, 0.15) is 18.4 Å². The lowest BCUT2D eigenvalue weighted by Crippen LogP contribution is -2.50. The molecule has 0 aromatic carbocycles. The summed E-state index contributed by atoms with van der Waals surface area (Å²) in [6.07, 6.45) is -2.84. The second-order valence-corrected chi connectivity index (χ2v) is 4.58. The largest absolute Gasteiger partial charge is 0.394 e. The lowest BCUT2D eigenvalue weighted by Gasteiger charge is -2.36. The molecule has 0 unspecified atom stereocenters. The van der Waals surface area contributed by atoms with Crippen LogP contribution in [0.15, 0.2) is 15.8 Å². The van der Waals surface area contributed by atoms with Crippen molar-refractivity contribution >= 4 is 0 Å². The van der Waals surface area contributed by atoms with E-state index in [0.29, 0.717) is 5.56 Å². The molecule has 0 saturated carbocycles. The van der Waals surface area contributed by atoms with Crippen LogP contribution in [0.4, 0.5) is 0 Å². The normalized spacial score (nSPS) is 31.4. The molecule has 0 radical (unpaired) electrons. The Labute approximate surface area is 107 Å². The van der Waals surface area contributed by atoms with Gasteiger partial charge in [0, 0.05) is 18.2 Å². The summed E-state index contributed by atoms with van der Waals surface area (Å²) in [4.78, 5) is 25.1. The lowest BCUT2D eigenvalue weighted by molar-refractivity contribution is -0.202. The summed E-state index contributed by atoms with van der Waals surface area (Å²) in [5.74, 6) is 0. The Balaban J connectivity index is 2.35. The first-order chi connectivity index (χ1) is 8.93. The van der Waals surface area contributed by atoms with Crippen LogP contribution in [-0.4, -0.2) is 49.8 Å². The van der Waals surface area contributed by atoms with Gasteiger partial charge in [-0.2, -0.15) is 0 Å². The Kier molecular flexibility index (Phi) is 3.85. The van der Waals surface area contributed by atoms with Crippen molar-refractivity contribution in [3.05, 3.63) is 32.6 Å². The highest BCUT2D eigenvalue weighted by atomic mass is 16.5. The zero-order valence-electron chi connectivity index (χ0n) is 10.3. The molecular weight excluding hydrogens is 256 g/mol. The summed E-state index contributed by atoms with van der Waals surface area (Å²) in [5.41, 5.74) is -0.832. The van der Waals surface area contributed by atoms with Crippen LogP contribution >= 0.6 is 0 Å². The average molecular weight is 272 g/mol. The highest BCUT2D eigenvalue weighted by Gasteiger charge is 2.37. The van der Waals surface area contributed by atoms with Crippen LogP contribution in [0.5, 0.6) is 0 Å². The highest BCUT2D eigenvalue weighted by molar-refractivity contribution is 5.02. The molecule has 0 amide bonds. The first kappa shape index (κ1) is 13.9. The molecule has 1 aliphatic rings. The number of aryl methyl sites for hydroxylation is 1. The van der Waals surface area contributed by atoms with Gasteiger partial charge in [0.05, 0.1) is 12.7 Å². The molecule has 4 atom stereocenters. The van der Waals surface area contributed by atoms with Crippen LogP contribution in [0.1, 0.15) is 18.2 Å². The van der Waals surface area contributed by atoms with Gasteiger partial charge < -0.3 is 20.1 Å². The summed E-state index contributed by atoms with van der Waals surface area (Å²) in [6, 6.07) is 0. The number of hydrogen-bond donors (Lipinski definition) is 4. The minimum Gasteiger partial charge on any atom is -0.394 e. The number of hydrogen-bond acceptors (Lipinski definition) is 6. The fourth-order valence-corrected chi connectivity index (χ4v) is 2.06. The van der Waals surface area contributed by atoms with E-state index in [0.717, 1.165) is 4.57 Å². The van der Waals surface area contributed by atoms with Crippen LogP contribution < -0.4 is 11.2 Å². The van der Waals surface area contributed by atoms with Crippen LogP contribution in [0.2, 0.25) is 0 Å². The fourth-order valence-electron chi connectivity index (χ4n) is 2.06. The molecule has 4 N–H and O–H groups in total. The van der Waals surface area contributed by atoms with E-state index in [-0.39, 0.29) is 6.42 Å². The number of nitrogens with zero attached hydrogens (tertiary/aromatic N) is 1. The van der Waals surface area contributed by atoms with Gasteiger partial charge in [0.25, 0.3) is 5.56 Å². The third-order valence-electron chi connectivity index (χ3n) is 3.19. The van der Waals surface area contributed by atoms with E-state index in [1.54, 1.807) is 0 Å². The standard InChI is InChI=1S/C11H16N2O6/c1-5-3-13(11(18)12-10(5)17)8-2-6(15)9(16)7(4-14)19-8/h3,6-9,14-16H,2,4H2,1H3,(H,12,17,18)/t6-,7-,8-,9+/m1/s1. The van der Waals surface area contributed by atoms with Gasteiger partial charge in [-0.1, -0.05) is 0 Å². The number of rotatable bonds is 2. The number of aliphatic hydroxyl groups excluding tert-OH is 3. The van der Waals surface area contributed by atoms with Crippen molar-refractivity contribution in [2.24, 2.45) is 0 Å². The average Bonchev–Trinajstić information content (AvgIpc) is 2.37. The van der Waals surface area contributed by atoms with E-state index in [1.807, 2.05) is 0 Å². The first-order valence-electron chi connectivity index (χ1n) is 5.88. The van der Waals surface area contributed by atoms with E-state index in [1.165, 1.54) is 13.1 Å². The molecule has 2 heterocycles. The Morgan fingerprint density at radius 1 is 1.47 bits per heavy atom. The molecule has 0 bridgehead atoms.